The summed E-state index contributed by atoms with van der Waals surface area (Å²) in [4.78, 5) is 4.81. The topological polar surface area (TPSA) is 12.9 Å². The lowest BCUT2D eigenvalue weighted by Gasteiger charge is -2.10. The Morgan fingerprint density at radius 3 is 2.42 bits per heavy atom. The van der Waals surface area contributed by atoms with Crippen LogP contribution in [0.1, 0.15) is 16.7 Å². The molecule has 0 bridgehead atoms. The van der Waals surface area contributed by atoms with Crippen molar-refractivity contribution in [3.8, 4) is 11.3 Å². The van der Waals surface area contributed by atoms with Crippen LogP contribution in [-0.4, -0.2) is 4.98 Å². The van der Waals surface area contributed by atoms with Gasteiger partial charge in [0.2, 0.25) is 0 Å². The summed E-state index contributed by atoms with van der Waals surface area (Å²) >= 11 is 0. The first-order chi connectivity index (χ1) is 9.15. The van der Waals surface area contributed by atoms with Crippen LogP contribution < -0.4 is 0 Å². The number of benzene rings is 2. The first-order valence-electron chi connectivity index (χ1n) is 6.59. The number of fused-ring (bicyclic) bond motifs is 1. The van der Waals surface area contributed by atoms with Crippen LogP contribution in [0.4, 0.5) is 0 Å². The maximum absolute atomic E-state index is 4.81. The zero-order valence-corrected chi connectivity index (χ0v) is 11.6. The second kappa shape index (κ2) is 4.51. The fourth-order valence-corrected chi connectivity index (χ4v) is 2.50. The molecular weight excluding hydrogens is 230 g/mol. The van der Waals surface area contributed by atoms with Crippen LogP contribution >= 0.6 is 0 Å². The summed E-state index contributed by atoms with van der Waals surface area (Å²) < 4.78 is 0. The Morgan fingerprint density at radius 1 is 0.789 bits per heavy atom. The molecule has 3 rings (SSSR count). The quantitative estimate of drug-likeness (QED) is 0.600. The zero-order chi connectivity index (χ0) is 13.4. The first-order valence-corrected chi connectivity index (χ1v) is 6.59. The Labute approximate surface area is 113 Å². The highest BCUT2D eigenvalue weighted by atomic mass is 14.7. The molecule has 0 saturated carbocycles. The summed E-state index contributed by atoms with van der Waals surface area (Å²) in [5, 5.41) is 1.23. The number of aromatic nitrogens is 1. The number of rotatable bonds is 1. The lowest BCUT2D eigenvalue weighted by atomic mass is 10.00. The average molecular weight is 247 g/mol. The van der Waals surface area contributed by atoms with Crippen molar-refractivity contribution in [2.24, 2.45) is 0 Å². The fraction of sp³-hybridized carbons (Fsp3) is 0.167. The van der Waals surface area contributed by atoms with Crippen molar-refractivity contribution in [3.05, 3.63) is 65.2 Å². The van der Waals surface area contributed by atoms with Gasteiger partial charge < -0.3 is 0 Å². The highest BCUT2D eigenvalue weighted by Crippen LogP contribution is 2.27. The molecule has 0 aliphatic rings. The molecule has 2 aromatic carbocycles. The molecule has 1 nitrogen and oxygen atoms in total. The van der Waals surface area contributed by atoms with E-state index in [0.717, 1.165) is 11.2 Å². The Morgan fingerprint density at radius 2 is 1.58 bits per heavy atom. The summed E-state index contributed by atoms with van der Waals surface area (Å²) in [5.41, 5.74) is 7.19. The predicted molar refractivity (Wildman–Crippen MR) is 81.4 cm³/mol. The second-order valence-electron chi connectivity index (χ2n) is 5.16. The van der Waals surface area contributed by atoms with Gasteiger partial charge in [0, 0.05) is 10.9 Å². The number of para-hydroxylation sites is 1. The first kappa shape index (κ1) is 11.9. The van der Waals surface area contributed by atoms with Crippen LogP contribution in [0.5, 0.6) is 0 Å². The summed E-state index contributed by atoms with van der Waals surface area (Å²) in [7, 11) is 0. The van der Waals surface area contributed by atoms with Crippen LogP contribution in [0.2, 0.25) is 0 Å². The van der Waals surface area contributed by atoms with Crippen molar-refractivity contribution in [1.29, 1.82) is 0 Å². The molecule has 0 fully saturated rings. The van der Waals surface area contributed by atoms with Gasteiger partial charge in [0.15, 0.2) is 0 Å². The molecule has 1 aromatic heterocycles. The molecule has 0 aliphatic heterocycles. The third-order valence-corrected chi connectivity index (χ3v) is 3.59. The normalized spacial score (nSPS) is 10.9. The summed E-state index contributed by atoms with van der Waals surface area (Å²) in [6.07, 6.45) is 0. The van der Waals surface area contributed by atoms with Crippen LogP contribution in [0.3, 0.4) is 0 Å². The number of hydrogen-bond acceptors (Lipinski definition) is 1. The molecule has 3 aromatic rings. The smallest absolute Gasteiger partial charge is 0.0715 e. The standard InChI is InChI=1S/C18H17N/c1-12-8-9-13(2)16(10-12)18-11-14(3)15-6-4-5-7-17(15)19-18/h4-11H,1-3H3. The molecule has 0 aliphatic carbocycles. The summed E-state index contributed by atoms with van der Waals surface area (Å²) in [6, 6.07) is 17.0. The SMILES string of the molecule is Cc1ccc(C)c(-c2cc(C)c3ccccc3n2)c1. The predicted octanol–water partition coefficient (Wildman–Crippen LogP) is 4.83. The van der Waals surface area contributed by atoms with E-state index in [2.05, 4.69) is 63.2 Å². The van der Waals surface area contributed by atoms with E-state index in [-0.39, 0.29) is 0 Å². The number of aryl methyl sites for hydroxylation is 3. The van der Waals surface area contributed by atoms with E-state index in [1.807, 2.05) is 6.07 Å². The molecule has 0 spiro atoms. The van der Waals surface area contributed by atoms with Gasteiger partial charge in [-0.05, 0) is 50.1 Å². The number of hydrogen-bond donors (Lipinski definition) is 0. The Hall–Kier alpha value is -2.15. The van der Waals surface area contributed by atoms with E-state index in [0.29, 0.717) is 0 Å². The molecule has 94 valence electrons. The third-order valence-electron chi connectivity index (χ3n) is 3.59. The van der Waals surface area contributed by atoms with E-state index in [1.54, 1.807) is 0 Å². The molecule has 0 N–H and O–H groups in total. The van der Waals surface area contributed by atoms with Crippen molar-refractivity contribution in [3.63, 3.8) is 0 Å². The monoisotopic (exact) mass is 247 g/mol. The summed E-state index contributed by atoms with van der Waals surface area (Å²) in [5.74, 6) is 0. The minimum Gasteiger partial charge on any atom is -0.248 e. The number of nitrogens with zero attached hydrogens (tertiary/aromatic N) is 1. The minimum absolute atomic E-state index is 1.07. The zero-order valence-electron chi connectivity index (χ0n) is 11.6. The van der Waals surface area contributed by atoms with Gasteiger partial charge in [-0.25, -0.2) is 4.98 Å². The fourth-order valence-electron chi connectivity index (χ4n) is 2.50. The van der Waals surface area contributed by atoms with Gasteiger partial charge in [-0.1, -0.05) is 35.9 Å². The lowest BCUT2D eigenvalue weighted by molar-refractivity contribution is 1.32. The molecule has 1 heterocycles. The average Bonchev–Trinajstić information content (AvgIpc) is 2.41. The Balaban J connectivity index is 2.28. The highest BCUT2D eigenvalue weighted by molar-refractivity contribution is 5.85. The maximum atomic E-state index is 4.81. The van der Waals surface area contributed by atoms with Crippen molar-refractivity contribution in [2.45, 2.75) is 20.8 Å². The molecular formula is C18H17N. The van der Waals surface area contributed by atoms with Gasteiger partial charge in [0.05, 0.1) is 11.2 Å². The van der Waals surface area contributed by atoms with Gasteiger partial charge in [-0.3, -0.25) is 0 Å². The molecule has 0 atom stereocenters. The molecule has 19 heavy (non-hydrogen) atoms. The van der Waals surface area contributed by atoms with Crippen molar-refractivity contribution >= 4 is 10.9 Å². The molecule has 0 amide bonds. The Kier molecular flexibility index (Phi) is 2.83. The van der Waals surface area contributed by atoms with E-state index < -0.39 is 0 Å². The molecule has 1 heteroatoms. The van der Waals surface area contributed by atoms with Crippen LogP contribution in [-0.2, 0) is 0 Å². The van der Waals surface area contributed by atoms with Gasteiger partial charge in [0.25, 0.3) is 0 Å². The second-order valence-corrected chi connectivity index (χ2v) is 5.16. The highest BCUT2D eigenvalue weighted by Gasteiger charge is 2.07. The van der Waals surface area contributed by atoms with E-state index in [9.17, 15) is 0 Å². The molecule has 0 saturated heterocycles. The van der Waals surface area contributed by atoms with Gasteiger partial charge in [0.1, 0.15) is 0 Å². The summed E-state index contributed by atoms with van der Waals surface area (Å²) in [6.45, 7) is 6.41. The van der Waals surface area contributed by atoms with Gasteiger partial charge >= 0.3 is 0 Å². The van der Waals surface area contributed by atoms with E-state index in [4.69, 9.17) is 4.98 Å². The maximum Gasteiger partial charge on any atom is 0.0715 e. The minimum atomic E-state index is 1.07. The van der Waals surface area contributed by atoms with Crippen LogP contribution in [0.15, 0.2) is 48.5 Å². The number of pyridine rings is 1. The van der Waals surface area contributed by atoms with Crippen LogP contribution in [0, 0.1) is 20.8 Å². The Bertz CT molecular complexity index is 757. The largest absolute Gasteiger partial charge is 0.248 e. The van der Waals surface area contributed by atoms with Crippen molar-refractivity contribution < 1.29 is 0 Å². The van der Waals surface area contributed by atoms with Crippen molar-refractivity contribution in [2.75, 3.05) is 0 Å². The van der Waals surface area contributed by atoms with Gasteiger partial charge in [-0.15, -0.1) is 0 Å². The van der Waals surface area contributed by atoms with E-state index >= 15 is 0 Å². The lowest BCUT2D eigenvalue weighted by Crippen LogP contribution is -1.91. The molecule has 0 unspecified atom stereocenters. The van der Waals surface area contributed by atoms with Crippen molar-refractivity contribution in [1.82, 2.24) is 4.98 Å². The van der Waals surface area contributed by atoms with E-state index in [1.165, 1.54) is 27.6 Å². The third kappa shape index (κ3) is 2.12. The van der Waals surface area contributed by atoms with Crippen LogP contribution in [0.25, 0.3) is 22.2 Å². The molecule has 0 radical (unpaired) electrons. The van der Waals surface area contributed by atoms with Gasteiger partial charge in [-0.2, -0.15) is 0 Å².